The highest BCUT2D eigenvalue weighted by molar-refractivity contribution is 7.16. The number of carbonyl (C=O) groups is 1. The highest BCUT2D eigenvalue weighted by Crippen LogP contribution is 2.41. The quantitative estimate of drug-likeness (QED) is 0.364. The fourth-order valence-corrected chi connectivity index (χ4v) is 4.90. The SMILES string of the molecule is CCc1cc(C(Nc2nc(C)cc(C)n2)c2ccc3c(c2)OCO3)c(NC(=O)c2ccco2)s1. The number of nitrogens with zero attached hydrogens (tertiary/aromatic N) is 2. The van der Waals surface area contributed by atoms with Crippen molar-refractivity contribution in [1.82, 2.24) is 9.97 Å². The van der Waals surface area contributed by atoms with E-state index in [9.17, 15) is 4.79 Å². The Morgan fingerprint density at radius 1 is 1.09 bits per heavy atom. The number of rotatable bonds is 7. The highest BCUT2D eigenvalue weighted by atomic mass is 32.1. The number of carbonyl (C=O) groups excluding carboxylic acids is 1. The van der Waals surface area contributed by atoms with Crippen LogP contribution in [0.1, 0.15) is 50.9 Å². The molecule has 0 bridgehead atoms. The average Bonchev–Trinajstić information content (AvgIpc) is 3.57. The number of ether oxygens (including phenoxy) is 2. The molecule has 4 aromatic rings. The first kappa shape index (κ1) is 22.0. The van der Waals surface area contributed by atoms with Crippen LogP contribution in [0.2, 0.25) is 0 Å². The van der Waals surface area contributed by atoms with Crippen molar-refractivity contribution in [2.75, 3.05) is 17.4 Å². The monoisotopic (exact) mass is 476 g/mol. The molecule has 0 radical (unpaired) electrons. The van der Waals surface area contributed by atoms with Gasteiger partial charge in [-0.3, -0.25) is 4.79 Å². The van der Waals surface area contributed by atoms with Gasteiger partial charge < -0.3 is 24.5 Å². The third-order valence-corrected chi connectivity index (χ3v) is 6.64. The topological polar surface area (TPSA) is 98.5 Å². The Kier molecular flexibility index (Phi) is 5.93. The third kappa shape index (κ3) is 4.47. The van der Waals surface area contributed by atoms with Crippen LogP contribution in [0.25, 0.3) is 0 Å². The molecule has 0 saturated heterocycles. The first-order chi connectivity index (χ1) is 16.5. The Bertz CT molecular complexity index is 1310. The summed E-state index contributed by atoms with van der Waals surface area (Å²) in [5, 5.41) is 7.25. The number of nitrogens with one attached hydrogen (secondary N) is 2. The summed E-state index contributed by atoms with van der Waals surface area (Å²) in [5.41, 5.74) is 3.57. The minimum absolute atomic E-state index is 0.194. The molecular formula is C25H24N4O4S. The van der Waals surface area contributed by atoms with Crippen LogP contribution in [0, 0.1) is 13.8 Å². The van der Waals surface area contributed by atoms with Gasteiger partial charge in [0.25, 0.3) is 5.91 Å². The Labute approximate surface area is 201 Å². The number of fused-ring (bicyclic) bond motifs is 1. The van der Waals surface area contributed by atoms with Crippen LogP contribution >= 0.6 is 11.3 Å². The summed E-state index contributed by atoms with van der Waals surface area (Å²) in [6, 6.07) is 12.8. The van der Waals surface area contributed by atoms with Gasteiger partial charge in [0, 0.05) is 21.8 Å². The maximum atomic E-state index is 12.8. The number of anilines is 2. The molecule has 174 valence electrons. The summed E-state index contributed by atoms with van der Waals surface area (Å²) in [5.74, 6) is 1.84. The van der Waals surface area contributed by atoms with E-state index in [2.05, 4.69) is 33.6 Å². The number of thiophene rings is 1. The van der Waals surface area contributed by atoms with Gasteiger partial charge in [0.15, 0.2) is 17.3 Å². The number of hydrogen-bond donors (Lipinski definition) is 2. The summed E-state index contributed by atoms with van der Waals surface area (Å²) in [6.07, 6.45) is 2.32. The van der Waals surface area contributed by atoms with Crippen LogP contribution in [0.15, 0.2) is 53.1 Å². The second-order valence-electron chi connectivity index (χ2n) is 7.95. The van der Waals surface area contributed by atoms with Crippen LogP contribution in [0.5, 0.6) is 11.5 Å². The van der Waals surface area contributed by atoms with E-state index in [1.165, 1.54) is 6.26 Å². The summed E-state index contributed by atoms with van der Waals surface area (Å²) in [4.78, 5) is 23.1. The minimum atomic E-state index is -0.348. The van der Waals surface area contributed by atoms with Crippen molar-refractivity contribution < 1.29 is 18.7 Å². The number of aryl methyl sites for hydroxylation is 3. The molecule has 1 aliphatic rings. The van der Waals surface area contributed by atoms with Crippen molar-refractivity contribution in [3.63, 3.8) is 0 Å². The molecule has 1 aromatic carbocycles. The van der Waals surface area contributed by atoms with Crippen LogP contribution in [-0.2, 0) is 6.42 Å². The molecule has 0 aliphatic carbocycles. The molecule has 4 heterocycles. The third-order valence-electron chi connectivity index (χ3n) is 5.43. The van der Waals surface area contributed by atoms with E-state index in [0.717, 1.165) is 38.8 Å². The average molecular weight is 477 g/mol. The number of benzene rings is 1. The zero-order valence-electron chi connectivity index (χ0n) is 19.0. The molecule has 8 nitrogen and oxygen atoms in total. The van der Waals surface area contributed by atoms with E-state index in [0.29, 0.717) is 17.4 Å². The van der Waals surface area contributed by atoms with E-state index >= 15 is 0 Å². The van der Waals surface area contributed by atoms with Crippen LogP contribution in [-0.4, -0.2) is 22.7 Å². The van der Waals surface area contributed by atoms with Gasteiger partial charge in [-0.25, -0.2) is 9.97 Å². The fraction of sp³-hybridized carbons (Fsp3) is 0.240. The summed E-state index contributed by atoms with van der Waals surface area (Å²) in [6.45, 7) is 6.15. The first-order valence-electron chi connectivity index (χ1n) is 11.0. The minimum Gasteiger partial charge on any atom is -0.459 e. The summed E-state index contributed by atoms with van der Waals surface area (Å²) < 4.78 is 16.4. The fourth-order valence-electron chi connectivity index (χ4n) is 3.87. The van der Waals surface area contributed by atoms with E-state index in [-0.39, 0.29) is 24.5 Å². The Balaban J connectivity index is 1.58. The Hall–Kier alpha value is -3.85. The second-order valence-corrected chi connectivity index (χ2v) is 9.08. The number of aromatic nitrogens is 2. The zero-order valence-corrected chi connectivity index (χ0v) is 19.9. The molecule has 0 fully saturated rings. The Morgan fingerprint density at radius 3 is 2.62 bits per heavy atom. The molecule has 9 heteroatoms. The van der Waals surface area contributed by atoms with Gasteiger partial charge in [0.05, 0.1) is 12.3 Å². The highest BCUT2D eigenvalue weighted by Gasteiger charge is 2.26. The van der Waals surface area contributed by atoms with Crippen molar-refractivity contribution in [3.05, 3.63) is 81.9 Å². The molecule has 34 heavy (non-hydrogen) atoms. The lowest BCUT2D eigenvalue weighted by Gasteiger charge is -2.21. The zero-order chi connectivity index (χ0) is 23.7. The van der Waals surface area contributed by atoms with E-state index in [4.69, 9.17) is 13.9 Å². The predicted octanol–water partition coefficient (Wildman–Crippen LogP) is 5.49. The molecule has 0 saturated carbocycles. The second kappa shape index (κ2) is 9.18. The maximum absolute atomic E-state index is 12.8. The van der Waals surface area contributed by atoms with Gasteiger partial charge >= 0.3 is 0 Å². The molecule has 5 rings (SSSR count). The van der Waals surface area contributed by atoms with Crippen molar-refractivity contribution in [1.29, 1.82) is 0 Å². The summed E-state index contributed by atoms with van der Waals surface area (Å²) in [7, 11) is 0. The van der Waals surface area contributed by atoms with Crippen LogP contribution < -0.4 is 20.1 Å². The molecule has 1 amide bonds. The van der Waals surface area contributed by atoms with Gasteiger partial charge in [0.2, 0.25) is 12.7 Å². The van der Waals surface area contributed by atoms with Crippen molar-refractivity contribution in [3.8, 4) is 11.5 Å². The largest absolute Gasteiger partial charge is 0.459 e. The first-order valence-corrected chi connectivity index (χ1v) is 11.8. The van der Waals surface area contributed by atoms with Gasteiger partial charge in [0.1, 0.15) is 5.00 Å². The van der Waals surface area contributed by atoms with Crippen molar-refractivity contribution in [2.24, 2.45) is 0 Å². The van der Waals surface area contributed by atoms with Gasteiger partial charge in [-0.2, -0.15) is 0 Å². The van der Waals surface area contributed by atoms with E-state index in [1.54, 1.807) is 23.5 Å². The lowest BCUT2D eigenvalue weighted by molar-refractivity contribution is 0.0997. The molecule has 2 N–H and O–H groups in total. The maximum Gasteiger partial charge on any atom is 0.291 e. The van der Waals surface area contributed by atoms with E-state index in [1.807, 2.05) is 38.1 Å². The summed E-state index contributed by atoms with van der Waals surface area (Å²) >= 11 is 1.54. The molecule has 1 atom stereocenters. The molecule has 1 unspecified atom stereocenters. The van der Waals surface area contributed by atoms with Gasteiger partial charge in [-0.15, -0.1) is 11.3 Å². The molecular weight excluding hydrogens is 452 g/mol. The van der Waals surface area contributed by atoms with E-state index < -0.39 is 0 Å². The van der Waals surface area contributed by atoms with Gasteiger partial charge in [-0.1, -0.05) is 13.0 Å². The lowest BCUT2D eigenvalue weighted by Crippen LogP contribution is -2.18. The predicted molar refractivity (Wildman–Crippen MR) is 130 cm³/mol. The van der Waals surface area contributed by atoms with Crippen LogP contribution in [0.3, 0.4) is 0 Å². The van der Waals surface area contributed by atoms with Gasteiger partial charge in [-0.05, 0) is 62.2 Å². The molecule has 1 aliphatic heterocycles. The van der Waals surface area contributed by atoms with Crippen molar-refractivity contribution >= 4 is 28.2 Å². The number of furan rings is 1. The number of hydrogen-bond acceptors (Lipinski definition) is 8. The molecule has 3 aromatic heterocycles. The van der Waals surface area contributed by atoms with Crippen LogP contribution in [0.4, 0.5) is 10.9 Å². The van der Waals surface area contributed by atoms with Crippen molar-refractivity contribution in [2.45, 2.75) is 33.2 Å². The lowest BCUT2D eigenvalue weighted by atomic mass is 9.99. The number of amides is 1. The smallest absolute Gasteiger partial charge is 0.291 e. The Morgan fingerprint density at radius 2 is 1.88 bits per heavy atom. The molecule has 0 spiro atoms. The normalized spacial score (nSPS) is 13.0. The standard InChI is InChI=1S/C25H24N4O4S/c1-4-17-12-18(24(34-17)29-23(30)20-6-5-9-31-20)22(28-25-26-14(2)10-15(3)27-25)16-7-8-19-21(11-16)33-13-32-19/h5-12,22H,4,13H2,1-3H3,(H,29,30)(H,26,27,28).